The third kappa shape index (κ3) is 5.09. The Labute approximate surface area is 190 Å². The van der Waals surface area contributed by atoms with Crippen molar-refractivity contribution in [1.29, 1.82) is 0 Å². The summed E-state index contributed by atoms with van der Waals surface area (Å²) in [5.41, 5.74) is 1.48. The SMILES string of the molecule is COc1cccc(-c2noc(COC(=O)C3=CN(Cc4ccccc4)S(=O)(=O)N=C3C)n2)c1. The number of carbonyl (C=O) groups is 1. The van der Waals surface area contributed by atoms with Crippen molar-refractivity contribution in [2.24, 2.45) is 4.40 Å². The fourth-order valence-electron chi connectivity index (χ4n) is 3.07. The molecule has 2 aromatic carbocycles. The van der Waals surface area contributed by atoms with Crippen molar-refractivity contribution in [3.05, 3.63) is 77.8 Å². The number of hydrogen-bond donors (Lipinski definition) is 0. The van der Waals surface area contributed by atoms with Gasteiger partial charge in [0, 0.05) is 11.8 Å². The van der Waals surface area contributed by atoms with Crippen molar-refractivity contribution in [2.45, 2.75) is 20.1 Å². The Balaban J connectivity index is 1.46. The number of methoxy groups -OCH3 is 1. The highest BCUT2D eigenvalue weighted by molar-refractivity contribution is 7.88. The summed E-state index contributed by atoms with van der Waals surface area (Å²) in [4.78, 5) is 16.9. The lowest BCUT2D eigenvalue weighted by atomic mass is 10.2. The lowest BCUT2D eigenvalue weighted by molar-refractivity contribution is -0.140. The average molecular weight is 468 g/mol. The van der Waals surface area contributed by atoms with E-state index in [4.69, 9.17) is 14.0 Å². The number of ether oxygens (including phenoxy) is 2. The van der Waals surface area contributed by atoms with Crippen LogP contribution in [0.1, 0.15) is 18.4 Å². The van der Waals surface area contributed by atoms with Gasteiger partial charge in [-0.15, -0.1) is 4.40 Å². The third-order valence-electron chi connectivity index (χ3n) is 4.74. The zero-order chi connectivity index (χ0) is 23.4. The van der Waals surface area contributed by atoms with E-state index in [9.17, 15) is 13.2 Å². The quantitative estimate of drug-likeness (QED) is 0.485. The van der Waals surface area contributed by atoms with Gasteiger partial charge in [-0.25, -0.2) is 4.79 Å². The molecule has 0 unspecified atom stereocenters. The molecule has 2 heterocycles. The summed E-state index contributed by atoms with van der Waals surface area (Å²) < 4.78 is 45.1. The van der Waals surface area contributed by atoms with Gasteiger partial charge in [0.1, 0.15) is 5.75 Å². The van der Waals surface area contributed by atoms with Crippen LogP contribution in [-0.2, 0) is 32.9 Å². The minimum absolute atomic E-state index is 0.0216. The van der Waals surface area contributed by atoms with E-state index in [0.29, 0.717) is 17.1 Å². The molecule has 1 aliphatic heterocycles. The van der Waals surface area contributed by atoms with E-state index in [0.717, 1.165) is 9.87 Å². The lowest BCUT2D eigenvalue weighted by Crippen LogP contribution is -2.31. The molecule has 0 N–H and O–H groups in total. The Morgan fingerprint density at radius 2 is 1.91 bits per heavy atom. The maximum Gasteiger partial charge on any atom is 0.344 e. The van der Waals surface area contributed by atoms with E-state index in [2.05, 4.69) is 14.5 Å². The number of carbonyl (C=O) groups excluding carboxylic acids is 1. The maximum absolute atomic E-state index is 12.7. The Hall–Kier alpha value is -3.99. The second kappa shape index (κ2) is 9.25. The van der Waals surface area contributed by atoms with Crippen LogP contribution in [0.3, 0.4) is 0 Å². The summed E-state index contributed by atoms with van der Waals surface area (Å²) in [5, 5.41) is 3.89. The molecule has 0 saturated carbocycles. The van der Waals surface area contributed by atoms with Gasteiger partial charge in [0.15, 0.2) is 6.61 Å². The van der Waals surface area contributed by atoms with Gasteiger partial charge >= 0.3 is 16.2 Å². The van der Waals surface area contributed by atoms with E-state index < -0.39 is 16.2 Å². The van der Waals surface area contributed by atoms with Crippen LogP contribution >= 0.6 is 0 Å². The molecule has 0 saturated heterocycles. The standard InChI is InChI=1S/C22H20N4O6S/c1-15-19(13-26(33(28,29)25-15)12-16-7-4-3-5-8-16)22(27)31-14-20-23-21(24-32-20)17-9-6-10-18(11-17)30-2/h3-11,13H,12,14H2,1-2H3. The predicted molar refractivity (Wildman–Crippen MR) is 118 cm³/mol. The minimum atomic E-state index is -3.95. The number of hydrogen-bond acceptors (Lipinski definition) is 8. The van der Waals surface area contributed by atoms with Crippen LogP contribution in [0.4, 0.5) is 0 Å². The normalized spacial score (nSPS) is 14.9. The van der Waals surface area contributed by atoms with Gasteiger partial charge in [0.25, 0.3) is 5.89 Å². The Morgan fingerprint density at radius 1 is 1.12 bits per heavy atom. The Bertz CT molecular complexity index is 1330. The molecule has 3 aromatic rings. The highest BCUT2D eigenvalue weighted by atomic mass is 32.2. The molecule has 11 heteroatoms. The Morgan fingerprint density at radius 3 is 2.67 bits per heavy atom. The fourth-order valence-corrected chi connectivity index (χ4v) is 4.17. The third-order valence-corrected chi connectivity index (χ3v) is 6.07. The molecule has 0 radical (unpaired) electrons. The van der Waals surface area contributed by atoms with Crippen molar-refractivity contribution in [3.63, 3.8) is 0 Å². The molecule has 0 amide bonds. The smallest absolute Gasteiger partial charge is 0.344 e. The number of rotatable bonds is 7. The van der Waals surface area contributed by atoms with Crippen LogP contribution in [0.15, 0.2) is 75.3 Å². The van der Waals surface area contributed by atoms with Crippen molar-refractivity contribution >= 4 is 21.9 Å². The van der Waals surface area contributed by atoms with Gasteiger partial charge in [-0.2, -0.15) is 13.4 Å². The topological polar surface area (TPSA) is 124 Å². The second-order valence-corrected chi connectivity index (χ2v) is 8.60. The molecule has 0 atom stereocenters. The van der Waals surface area contributed by atoms with E-state index in [1.807, 2.05) is 6.07 Å². The van der Waals surface area contributed by atoms with Crippen molar-refractivity contribution < 1.29 is 27.2 Å². The van der Waals surface area contributed by atoms with E-state index in [1.54, 1.807) is 55.6 Å². The first-order chi connectivity index (χ1) is 15.9. The lowest BCUT2D eigenvalue weighted by Gasteiger charge is -2.23. The molecule has 1 aromatic heterocycles. The zero-order valence-corrected chi connectivity index (χ0v) is 18.7. The van der Waals surface area contributed by atoms with Gasteiger partial charge in [-0.1, -0.05) is 47.6 Å². The largest absolute Gasteiger partial charge is 0.497 e. The van der Waals surface area contributed by atoms with E-state index >= 15 is 0 Å². The zero-order valence-electron chi connectivity index (χ0n) is 17.8. The van der Waals surface area contributed by atoms with Gasteiger partial charge < -0.3 is 14.0 Å². The highest BCUT2D eigenvalue weighted by Crippen LogP contribution is 2.23. The maximum atomic E-state index is 12.7. The van der Waals surface area contributed by atoms with Crippen LogP contribution < -0.4 is 4.74 Å². The Kier molecular flexibility index (Phi) is 6.22. The van der Waals surface area contributed by atoms with Crippen LogP contribution in [-0.4, -0.2) is 41.7 Å². The number of esters is 1. The highest BCUT2D eigenvalue weighted by Gasteiger charge is 2.29. The summed E-state index contributed by atoms with van der Waals surface area (Å²) in [6.45, 7) is 1.17. The summed E-state index contributed by atoms with van der Waals surface area (Å²) in [5.74, 6) is 0.278. The molecule has 0 spiro atoms. The summed E-state index contributed by atoms with van der Waals surface area (Å²) in [6.07, 6.45) is 1.22. The van der Waals surface area contributed by atoms with Crippen LogP contribution in [0, 0.1) is 0 Å². The van der Waals surface area contributed by atoms with Gasteiger partial charge in [0.05, 0.1) is 24.9 Å². The number of benzene rings is 2. The number of aromatic nitrogens is 2. The van der Waals surface area contributed by atoms with Gasteiger partial charge in [0.2, 0.25) is 5.82 Å². The summed E-state index contributed by atoms with van der Waals surface area (Å²) in [6, 6.07) is 16.1. The van der Waals surface area contributed by atoms with Gasteiger partial charge in [-0.05, 0) is 24.6 Å². The van der Waals surface area contributed by atoms with Crippen molar-refractivity contribution in [2.75, 3.05) is 7.11 Å². The fraction of sp³-hybridized carbons (Fsp3) is 0.182. The molecular formula is C22H20N4O6S. The van der Waals surface area contributed by atoms with Crippen LogP contribution in [0.5, 0.6) is 5.75 Å². The summed E-state index contributed by atoms with van der Waals surface area (Å²) >= 11 is 0. The molecule has 0 fully saturated rings. The molecule has 4 rings (SSSR count). The monoisotopic (exact) mass is 468 g/mol. The van der Waals surface area contributed by atoms with Crippen molar-refractivity contribution in [3.8, 4) is 17.1 Å². The minimum Gasteiger partial charge on any atom is -0.497 e. The number of nitrogens with zero attached hydrogens (tertiary/aromatic N) is 4. The molecule has 170 valence electrons. The van der Waals surface area contributed by atoms with E-state index in [1.165, 1.54) is 13.1 Å². The van der Waals surface area contributed by atoms with Gasteiger partial charge in [-0.3, -0.25) is 4.31 Å². The average Bonchev–Trinajstić information content (AvgIpc) is 3.29. The molecular weight excluding hydrogens is 448 g/mol. The van der Waals surface area contributed by atoms with Crippen molar-refractivity contribution in [1.82, 2.24) is 14.4 Å². The van der Waals surface area contributed by atoms with E-state index in [-0.39, 0.29) is 30.3 Å². The predicted octanol–water partition coefficient (Wildman–Crippen LogP) is 2.89. The molecule has 33 heavy (non-hydrogen) atoms. The second-order valence-electron chi connectivity index (χ2n) is 7.05. The summed E-state index contributed by atoms with van der Waals surface area (Å²) in [7, 11) is -2.40. The molecule has 10 nitrogen and oxygen atoms in total. The molecule has 0 aliphatic carbocycles. The molecule has 1 aliphatic rings. The molecule has 0 bridgehead atoms. The van der Waals surface area contributed by atoms with Crippen LogP contribution in [0.2, 0.25) is 0 Å². The first-order valence-electron chi connectivity index (χ1n) is 9.84. The first-order valence-corrected chi connectivity index (χ1v) is 11.2. The first kappa shape index (κ1) is 22.2. The van der Waals surface area contributed by atoms with Crippen LogP contribution in [0.25, 0.3) is 11.4 Å².